The maximum atomic E-state index is 12.5. The molecule has 9 heteroatoms. The van der Waals surface area contributed by atoms with Crippen LogP contribution in [0.5, 0.6) is 5.88 Å². The van der Waals surface area contributed by atoms with E-state index in [0.717, 1.165) is 22.3 Å². The fourth-order valence-corrected chi connectivity index (χ4v) is 4.38. The number of carbonyl (C=O) groups excluding carboxylic acids is 1. The van der Waals surface area contributed by atoms with Crippen LogP contribution in [0.4, 0.5) is 5.69 Å². The van der Waals surface area contributed by atoms with E-state index in [1.54, 1.807) is 0 Å². The molecule has 5 aromatic rings. The van der Waals surface area contributed by atoms with Crippen LogP contribution in [-0.4, -0.2) is 36.5 Å². The topological polar surface area (TPSA) is 109 Å². The van der Waals surface area contributed by atoms with Gasteiger partial charge in [-0.3, -0.25) is 9.36 Å². The molecule has 0 bridgehead atoms. The van der Waals surface area contributed by atoms with Crippen LogP contribution in [-0.2, 0) is 4.79 Å². The number of carbonyl (C=O) groups is 1. The standard InChI is InChI=1S/C25H20N6O2S/c1-16-9-8-14-19-21(16)26-24(33)22(19)28-27-20(32)15-34-25-30-29-23(17-10-4-2-5-11-17)31(25)18-12-6-3-7-13-18/h2-14,26,33H,15H2,1H3. The third kappa shape index (κ3) is 4.20. The number of aromatic amines is 1. The molecule has 0 aliphatic carbocycles. The zero-order chi connectivity index (χ0) is 23.5. The number of H-pyrrole nitrogens is 1. The van der Waals surface area contributed by atoms with Crippen molar-refractivity contribution in [1.29, 1.82) is 0 Å². The highest BCUT2D eigenvalue weighted by Gasteiger charge is 2.17. The zero-order valence-corrected chi connectivity index (χ0v) is 19.0. The first-order chi connectivity index (χ1) is 16.6. The molecule has 1 amide bonds. The fraction of sp³-hybridized carbons (Fsp3) is 0.0800. The molecule has 0 saturated heterocycles. The second kappa shape index (κ2) is 9.32. The van der Waals surface area contributed by atoms with Crippen LogP contribution in [0.15, 0.2) is 94.2 Å². The minimum Gasteiger partial charge on any atom is -0.493 e. The third-order valence-corrected chi connectivity index (χ3v) is 6.18. The van der Waals surface area contributed by atoms with Gasteiger partial charge in [0.15, 0.2) is 16.7 Å². The summed E-state index contributed by atoms with van der Waals surface area (Å²) in [6.45, 7) is 1.92. The average molecular weight is 469 g/mol. The first kappa shape index (κ1) is 21.6. The predicted molar refractivity (Wildman–Crippen MR) is 132 cm³/mol. The van der Waals surface area contributed by atoms with E-state index in [0.29, 0.717) is 16.4 Å². The van der Waals surface area contributed by atoms with E-state index in [-0.39, 0.29) is 17.3 Å². The van der Waals surface area contributed by atoms with Crippen molar-refractivity contribution >= 4 is 34.3 Å². The van der Waals surface area contributed by atoms with Crippen molar-refractivity contribution < 1.29 is 9.90 Å². The number of aryl methyl sites for hydroxylation is 1. The Morgan fingerprint density at radius 2 is 1.74 bits per heavy atom. The van der Waals surface area contributed by atoms with Crippen LogP contribution >= 0.6 is 11.8 Å². The molecule has 0 aliphatic rings. The van der Waals surface area contributed by atoms with Crippen molar-refractivity contribution in [1.82, 2.24) is 19.7 Å². The van der Waals surface area contributed by atoms with Gasteiger partial charge in [-0.15, -0.1) is 20.4 Å². The van der Waals surface area contributed by atoms with Crippen molar-refractivity contribution in [2.75, 3.05) is 5.75 Å². The summed E-state index contributed by atoms with van der Waals surface area (Å²) < 4.78 is 1.92. The summed E-state index contributed by atoms with van der Waals surface area (Å²) in [5, 5.41) is 28.0. The Hall–Kier alpha value is -4.24. The maximum Gasteiger partial charge on any atom is 0.275 e. The quantitative estimate of drug-likeness (QED) is 0.241. The molecule has 0 unspecified atom stereocenters. The minimum absolute atomic E-state index is 0.0192. The van der Waals surface area contributed by atoms with Crippen molar-refractivity contribution in [2.24, 2.45) is 10.2 Å². The number of nitrogens with zero attached hydrogens (tertiary/aromatic N) is 5. The Morgan fingerprint density at radius 1 is 1.00 bits per heavy atom. The Bertz CT molecular complexity index is 1490. The van der Waals surface area contributed by atoms with Gasteiger partial charge < -0.3 is 10.1 Å². The van der Waals surface area contributed by atoms with Gasteiger partial charge in [-0.05, 0) is 24.6 Å². The number of amides is 1. The summed E-state index contributed by atoms with van der Waals surface area (Å²) in [6, 6.07) is 25.1. The molecule has 34 heavy (non-hydrogen) atoms. The highest BCUT2D eigenvalue weighted by Crippen LogP contribution is 2.36. The maximum absolute atomic E-state index is 12.5. The molecule has 2 N–H and O–H groups in total. The molecule has 0 aliphatic heterocycles. The highest BCUT2D eigenvalue weighted by molar-refractivity contribution is 7.99. The number of azo groups is 1. The van der Waals surface area contributed by atoms with Crippen molar-refractivity contribution in [3.05, 3.63) is 84.4 Å². The van der Waals surface area contributed by atoms with Crippen molar-refractivity contribution in [3.63, 3.8) is 0 Å². The van der Waals surface area contributed by atoms with Crippen LogP contribution in [0.2, 0.25) is 0 Å². The molecule has 0 atom stereocenters. The smallest absolute Gasteiger partial charge is 0.275 e. The molecule has 8 nitrogen and oxygen atoms in total. The Kier molecular flexibility index (Phi) is 5.92. The normalized spacial score (nSPS) is 11.4. The Labute approximate surface area is 199 Å². The molecule has 3 aromatic carbocycles. The lowest BCUT2D eigenvalue weighted by atomic mass is 10.1. The van der Waals surface area contributed by atoms with E-state index < -0.39 is 5.91 Å². The lowest BCUT2D eigenvalue weighted by Crippen LogP contribution is -2.02. The first-order valence-corrected chi connectivity index (χ1v) is 11.5. The number of aromatic hydroxyl groups is 1. The highest BCUT2D eigenvalue weighted by atomic mass is 32.2. The number of nitrogens with one attached hydrogen (secondary N) is 1. The van der Waals surface area contributed by atoms with Crippen LogP contribution < -0.4 is 0 Å². The summed E-state index contributed by atoms with van der Waals surface area (Å²) in [5.74, 6) is 0.133. The summed E-state index contributed by atoms with van der Waals surface area (Å²) in [7, 11) is 0. The van der Waals surface area contributed by atoms with Gasteiger partial charge >= 0.3 is 0 Å². The van der Waals surface area contributed by atoms with Crippen LogP contribution in [0.25, 0.3) is 28.0 Å². The third-order valence-electron chi connectivity index (χ3n) is 5.26. The van der Waals surface area contributed by atoms with E-state index in [9.17, 15) is 9.90 Å². The lowest BCUT2D eigenvalue weighted by Gasteiger charge is -2.09. The van der Waals surface area contributed by atoms with E-state index in [1.165, 1.54) is 11.8 Å². The number of benzene rings is 3. The van der Waals surface area contributed by atoms with Gasteiger partial charge in [0.2, 0.25) is 5.88 Å². The minimum atomic E-state index is -0.449. The number of fused-ring (bicyclic) bond motifs is 1. The summed E-state index contributed by atoms with van der Waals surface area (Å²) in [6.07, 6.45) is 0. The molecule has 5 rings (SSSR count). The molecular formula is C25H20N6O2S. The molecule has 0 spiro atoms. The van der Waals surface area contributed by atoms with E-state index in [4.69, 9.17) is 0 Å². The van der Waals surface area contributed by atoms with Crippen LogP contribution in [0.1, 0.15) is 5.56 Å². The van der Waals surface area contributed by atoms with Crippen molar-refractivity contribution in [3.8, 4) is 23.0 Å². The van der Waals surface area contributed by atoms with E-state index in [2.05, 4.69) is 25.4 Å². The first-order valence-electron chi connectivity index (χ1n) is 10.6. The number of para-hydroxylation sites is 2. The van der Waals surface area contributed by atoms with Gasteiger partial charge in [0.05, 0.1) is 11.3 Å². The molecule has 0 radical (unpaired) electrons. The number of aromatic nitrogens is 4. The molecule has 2 aromatic heterocycles. The van der Waals surface area contributed by atoms with Gasteiger partial charge in [0, 0.05) is 16.6 Å². The van der Waals surface area contributed by atoms with E-state index in [1.807, 2.05) is 90.4 Å². The number of thioether (sulfide) groups is 1. The summed E-state index contributed by atoms with van der Waals surface area (Å²) in [5.41, 5.74) is 3.78. The van der Waals surface area contributed by atoms with Gasteiger partial charge in [0.1, 0.15) is 0 Å². The largest absolute Gasteiger partial charge is 0.493 e. The summed E-state index contributed by atoms with van der Waals surface area (Å²) >= 11 is 1.23. The average Bonchev–Trinajstić information content (AvgIpc) is 3.44. The molecule has 0 saturated carbocycles. The molecule has 168 valence electrons. The van der Waals surface area contributed by atoms with Crippen LogP contribution in [0.3, 0.4) is 0 Å². The van der Waals surface area contributed by atoms with Crippen LogP contribution in [0, 0.1) is 6.92 Å². The van der Waals surface area contributed by atoms with Gasteiger partial charge in [-0.2, -0.15) is 0 Å². The molecular weight excluding hydrogens is 448 g/mol. The lowest BCUT2D eigenvalue weighted by molar-refractivity contribution is -0.115. The zero-order valence-electron chi connectivity index (χ0n) is 18.2. The van der Waals surface area contributed by atoms with Crippen molar-refractivity contribution in [2.45, 2.75) is 12.1 Å². The second-order valence-electron chi connectivity index (χ2n) is 7.55. The SMILES string of the molecule is Cc1cccc2c(N=NC(=O)CSc3nnc(-c4ccccc4)n3-c3ccccc3)c(O)[nH]c12. The van der Waals surface area contributed by atoms with E-state index >= 15 is 0 Å². The van der Waals surface area contributed by atoms with Gasteiger partial charge in [-0.1, -0.05) is 78.5 Å². The van der Waals surface area contributed by atoms with Gasteiger partial charge in [0.25, 0.3) is 5.91 Å². The monoisotopic (exact) mass is 468 g/mol. The predicted octanol–water partition coefficient (Wildman–Crippen LogP) is 5.83. The summed E-state index contributed by atoms with van der Waals surface area (Å²) in [4.78, 5) is 15.4. The Balaban J connectivity index is 1.39. The van der Waals surface area contributed by atoms with Gasteiger partial charge in [-0.25, -0.2) is 0 Å². The Morgan fingerprint density at radius 3 is 2.50 bits per heavy atom. The second-order valence-corrected chi connectivity index (χ2v) is 8.49. The fourth-order valence-electron chi connectivity index (χ4n) is 3.65. The molecule has 2 heterocycles. The number of rotatable bonds is 6. The molecule has 0 fully saturated rings. The number of hydrogen-bond acceptors (Lipinski definition) is 6. The number of hydrogen-bond donors (Lipinski definition) is 2.